The maximum absolute atomic E-state index is 11.4. The number of rotatable bonds is 5. The average molecular weight is 280 g/mol. The van der Waals surface area contributed by atoms with Gasteiger partial charge in [0.05, 0.1) is 4.99 Å². The summed E-state index contributed by atoms with van der Waals surface area (Å²) in [5.74, 6) is 0.748. The minimum absolute atomic E-state index is 0.245. The van der Waals surface area contributed by atoms with E-state index in [0.717, 1.165) is 5.82 Å². The molecule has 0 fully saturated rings. The van der Waals surface area contributed by atoms with Gasteiger partial charge in [-0.3, -0.25) is 0 Å². The molecule has 102 valence electrons. The molecule has 0 radical (unpaired) electrons. The van der Waals surface area contributed by atoms with E-state index in [1.165, 1.54) is 10.7 Å². The van der Waals surface area contributed by atoms with Crippen LogP contribution in [0.2, 0.25) is 0 Å². The third-order valence-electron chi connectivity index (χ3n) is 2.81. The molecule has 0 saturated carbocycles. The zero-order valence-electron chi connectivity index (χ0n) is 10.8. The molecule has 0 aliphatic rings. The number of nitrogens with one attached hydrogen (secondary N) is 1. The number of fused-ring (bicyclic) bond motifs is 1. The fourth-order valence-electron chi connectivity index (χ4n) is 1.82. The molecule has 2 aromatic heterocycles. The molecule has 0 saturated heterocycles. The van der Waals surface area contributed by atoms with Crippen LogP contribution in [0.5, 0.6) is 0 Å². The summed E-state index contributed by atoms with van der Waals surface area (Å²) in [5.41, 5.74) is 5.77. The van der Waals surface area contributed by atoms with Crippen LogP contribution in [-0.2, 0) is 0 Å². The molecule has 0 unspecified atom stereocenters. The van der Waals surface area contributed by atoms with Crippen molar-refractivity contribution in [3.05, 3.63) is 22.9 Å². The number of aromatic nitrogens is 4. The summed E-state index contributed by atoms with van der Waals surface area (Å²) in [6, 6.07) is 2.01. The van der Waals surface area contributed by atoms with E-state index >= 15 is 0 Å². The second-order valence-electron chi connectivity index (χ2n) is 4.51. The SMILES string of the molecule is CC(C)N(CCC(N)=S)c1cc2n[nH]c(=O)n2cn1. The molecule has 0 spiro atoms. The van der Waals surface area contributed by atoms with Gasteiger partial charge in [0.2, 0.25) is 0 Å². The van der Waals surface area contributed by atoms with Gasteiger partial charge in [0, 0.05) is 25.1 Å². The van der Waals surface area contributed by atoms with Crippen LogP contribution in [0, 0.1) is 0 Å². The Morgan fingerprint density at radius 3 is 3.00 bits per heavy atom. The van der Waals surface area contributed by atoms with Crippen LogP contribution in [0.15, 0.2) is 17.2 Å². The van der Waals surface area contributed by atoms with Gasteiger partial charge >= 0.3 is 5.69 Å². The highest BCUT2D eigenvalue weighted by atomic mass is 32.1. The van der Waals surface area contributed by atoms with E-state index in [4.69, 9.17) is 18.0 Å². The molecule has 0 aromatic carbocycles. The van der Waals surface area contributed by atoms with E-state index in [0.29, 0.717) is 23.6 Å². The molecule has 7 nitrogen and oxygen atoms in total. The van der Waals surface area contributed by atoms with Crippen LogP contribution in [0.4, 0.5) is 5.82 Å². The van der Waals surface area contributed by atoms with Gasteiger partial charge in [-0.25, -0.2) is 19.3 Å². The number of H-pyrrole nitrogens is 1. The molecule has 3 N–H and O–H groups in total. The zero-order valence-corrected chi connectivity index (χ0v) is 11.6. The summed E-state index contributed by atoms with van der Waals surface area (Å²) in [6.45, 7) is 4.80. The highest BCUT2D eigenvalue weighted by molar-refractivity contribution is 7.80. The van der Waals surface area contributed by atoms with E-state index in [1.54, 1.807) is 6.07 Å². The van der Waals surface area contributed by atoms with Gasteiger partial charge < -0.3 is 10.6 Å². The van der Waals surface area contributed by atoms with Crippen molar-refractivity contribution in [2.45, 2.75) is 26.3 Å². The van der Waals surface area contributed by atoms with Gasteiger partial charge in [-0.1, -0.05) is 12.2 Å². The van der Waals surface area contributed by atoms with Crippen LogP contribution in [0.1, 0.15) is 20.3 Å². The van der Waals surface area contributed by atoms with E-state index in [2.05, 4.69) is 33.9 Å². The molecule has 0 atom stereocenters. The van der Waals surface area contributed by atoms with Gasteiger partial charge in [-0.05, 0) is 13.8 Å². The number of nitrogens with zero attached hydrogens (tertiary/aromatic N) is 4. The van der Waals surface area contributed by atoms with Crippen LogP contribution in [-0.4, -0.2) is 37.2 Å². The Kier molecular flexibility index (Phi) is 3.79. The van der Waals surface area contributed by atoms with Crippen molar-refractivity contribution in [3.8, 4) is 0 Å². The molecule has 8 heteroatoms. The van der Waals surface area contributed by atoms with Crippen LogP contribution in [0.3, 0.4) is 0 Å². The predicted molar refractivity (Wildman–Crippen MR) is 77.5 cm³/mol. The van der Waals surface area contributed by atoms with Crippen molar-refractivity contribution >= 4 is 28.7 Å². The smallest absolute Gasteiger partial charge is 0.348 e. The van der Waals surface area contributed by atoms with Crippen LogP contribution >= 0.6 is 12.2 Å². The molecule has 0 bridgehead atoms. The van der Waals surface area contributed by atoms with Gasteiger partial charge in [0.25, 0.3) is 0 Å². The highest BCUT2D eigenvalue weighted by Gasteiger charge is 2.13. The lowest BCUT2D eigenvalue weighted by atomic mass is 10.2. The molecular formula is C11H16N6OS. The number of aromatic amines is 1. The Labute approximate surface area is 115 Å². The monoisotopic (exact) mass is 280 g/mol. The maximum atomic E-state index is 11.4. The Morgan fingerprint density at radius 2 is 2.37 bits per heavy atom. The molecule has 0 aliphatic heterocycles. The number of anilines is 1. The third kappa shape index (κ3) is 2.90. The fourth-order valence-corrected chi connectivity index (χ4v) is 1.92. The molecule has 2 rings (SSSR count). The van der Waals surface area contributed by atoms with Gasteiger partial charge in [-0.15, -0.1) is 0 Å². The van der Waals surface area contributed by atoms with E-state index < -0.39 is 0 Å². The predicted octanol–water partition coefficient (Wildman–Crippen LogP) is 0.309. The number of thiocarbonyl (C=S) groups is 1. The maximum Gasteiger partial charge on any atom is 0.348 e. The van der Waals surface area contributed by atoms with E-state index in [1.807, 2.05) is 0 Å². The van der Waals surface area contributed by atoms with Crippen molar-refractivity contribution in [1.29, 1.82) is 0 Å². The summed E-state index contributed by atoms with van der Waals surface area (Å²) in [6.07, 6.45) is 2.08. The van der Waals surface area contributed by atoms with E-state index in [9.17, 15) is 4.79 Å². The third-order valence-corrected chi connectivity index (χ3v) is 3.02. The first-order valence-electron chi connectivity index (χ1n) is 5.96. The Bertz CT molecular complexity index is 646. The zero-order chi connectivity index (χ0) is 14.0. The molecular weight excluding hydrogens is 264 g/mol. The average Bonchev–Trinajstić information content (AvgIpc) is 2.70. The lowest BCUT2D eigenvalue weighted by molar-refractivity contribution is 0.679. The molecule has 19 heavy (non-hydrogen) atoms. The van der Waals surface area contributed by atoms with Gasteiger partial charge in [-0.2, -0.15) is 5.10 Å². The summed E-state index contributed by atoms with van der Waals surface area (Å²) in [4.78, 5) is 18.2. The second-order valence-corrected chi connectivity index (χ2v) is 5.03. The minimum atomic E-state index is -0.298. The second kappa shape index (κ2) is 5.35. The Morgan fingerprint density at radius 1 is 1.63 bits per heavy atom. The summed E-state index contributed by atoms with van der Waals surface area (Å²) in [7, 11) is 0. The molecule has 0 aliphatic carbocycles. The molecule has 2 aromatic rings. The highest BCUT2D eigenvalue weighted by Crippen LogP contribution is 2.15. The van der Waals surface area contributed by atoms with Crippen molar-refractivity contribution in [2.24, 2.45) is 5.73 Å². The fraction of sp³-hybridized carbons (Fsp3) is 0.455. The minimum Gasteiger partial charge on any atom is -0.393 e. The lowest BCUT2D eigenvalue weighted by Crippen LogP contribution is -2.34. The van der Waals surface area contributed by atoms with Crippen LogP contribution in [0.25, 0.3) is 5.65 Å². The molecule has 0 amide bonds. The van der Waals surface area contributed by atoms with Gasteiger partial charge in [0.1, 0.15) is 12.1 Å². The number of nitrogens with two attached hydrogens (primary N) is 1. The van der Waals surface area contributed by atoms with E-state index in [-0.39, 0.29) is 11.7 Å². The summed E-state index contributed by atoms with van der Waals surface area (Å²) >= 11 is 4.90. The molecule has 2 heterocycles. The number of hydrogen-bond donors (Lipinski definition) is 2. The van der Waals surface area contributed by atoms with Crippen molar-refractivity contribution in [1.82, 2.24) is 19.6 Å². The van der Waals surface area contributed by atoms with Crippen molar-refractivity contribution < 1.29 is 0 Å². The standard InChI is InChI=1S/C11H16N6OS/c1-7(2)16(4-3-8(12)19)9-5-10-14-15-11(18)17(10)6-13-9/h5-7H,3-4H2,1-2H3,(H2,12,19)(H,15,18). The first kappa shape index (κ1) is 13.5. The quantitative estimate of drug-likeness (QED) is 0.766. The van der Waals surface area contributed by atoms with Crippen molar-refractivity contribution in [3.63, 3.8) is 0 Å². The Balaban J connectivity index is 2.33. The number of hydrogen-bond acceptors (Lipinski definition) is 5. The first-order chi connectivity index (χ1) is 8.99. The van der Waals surface area contributed by atoms with Gasteiger partial charge in [0.15, 0.2) is 5.65 Å². The largest absolute Gasteiger partial charge is 0.393 e. The first-order valence-corrected chi connectivity index (χ1v) is 6.37. The topological polar surface area (TPSA) is 92.3 Å². The Hall–Kier alpha value is -1.96. The van der Waals surface area contributed by atoms with Crippen molar-refractivity contribution in [2.75, 3.05) is 11.4 Å². The normalized spacial score (nSPS) is 11.1. The summed E-state index contributed by atoms with van der Waals surface area (Å²) in [5, 5.41) is 6.30. The summed E-state index contributed by atoms with van der Waals surface area (Å²) < 4.78 is 1.36. The van der Waals surface area contributed by atoms with Crippen LogP contribution < -0.4 is 16.3 Å². The lowest BCUT2D eigenvalue weighted by Gasteiger charge is -2.27.